The summed E-state index contributed by atoms with van der Waals surface area (Å²) < 4.78 is 0. The molecule has 1 saturated heterocycles. The van der Waals surface area contributed by atoms with Gasteiger partial charge in [0.05, 0.1) is 12.1 Å². The van der Waals surface area contributed by atoms with E-state index < -0.39 is 5.54 Å². The van der Waals surface area contributed by atoms with Gasteiger partial charge in [0, 0.05) is 32.7 Å². The zero-order valence-electron chi connectivity index (χ0n) is 12.6. The highest BCUT2D eigenvalue weighted by Crippen LogP contribution is 2.08. The molecule has 0 radical (unpaired) electrons. The molecule has 1 rings (SSSR count). The molecule has 1 aliphatic heterocycles. The largest absolute Gasteiger partial charge is 0.352 e. The summed E-state index contributed by atoms with van der Waals surface area (Å²) in [5.74, 6) is -0.0536. The van der Waals surface area contributed by atoms with Crippen LogP contribution in [0, 0.1) is 0 Å². The van der Waals surface area contributed by atoms with Crippen molar-refractivity contribution in [3.63, 3.8) is 0 Å². The molecule has 0 atom stereocenters. The van der Waals surface area contributed by atoms with Gasteiger partial charge in [0.25, 0.3) is 0 Å². The third-order valence-electron chi connectivity index (χ3n) is 3.02. The molecule has 0 saturated carbocycles. The van der Waals surface area contributed by atoms with Crippen LogP contribution in [0.3, 0.4) is 0 Å². The lowest BCUT2D eigenvalue weighted by Gasteiger charge is -2.37. The lowest BCUT2D eigenvalue weighted by molar-refractivity contribution is -0.137. The first-order chi connectivity index (χ1) is 8.84. The number of carbonyl (C=O) groups is 2. The van der Waals surface area contributed by atoms with Crippen molar-refractivity contribution in [3.05, 3.63) is 12.7 Å². The van der Waals surface area contributed by atoms with Gasteiger partial charge in [-0.1, -0.05) is 6.08 Å². The maximum absolute atomic E-state index is 12.0. The summed E-state index contributed by atoms with van der Waals surface area (Å²) in [4.78, 5) is 27.3. The second-order valence-corrected chi connectivity index (χ2v) is 5.38. The zero-order chi connectivity index (χ0) is 14.5. The molecular weight excluding hydrogens is 315 g/mol. The van der Waals surface area contributed by atoms with Gasteiger partial charge >= 0.3 is 0 Å². The Hall–Kier alpha value is -0.820. The van der Waals surface area contributed by atoms with E-state index in [9.17, 15) is 9.59 Å². The van der Waals surface area contributed by atoms with Crippen molar-refractivity contribution in [2.45, 2.75) is 19.4 Å². The number of piperazine rings is 1. The van der Waals surface area contributed by atoms with E-state index in [1.54, 1.807) is 24.8 Å². The summed E-state index contributed by atoms with van der Waals surface area (Å²) in [6, 6.07) is 0. The van der Waals surface area contributed by atoms with E-state index in [0.29, 0.717) is 39.3 Å². The zero-order valence-corrected chi connectivity index (χ0v) is 14.3. The van der Waals surface area contributed by atoms with Crippen molar-refractivity contribution in [1.82, 2.24) is 15.1 Å². The fraction of sp³-hybridized carbons (Fsp3) is 0.692. The second-order valence-electron chi connectivity index (χ2n) is 5.38. The van der Waals surface area contributed by atoms with Crippen molar-refractivity contribution in [3.8, 4) is 0 Å². The van der Waals surface area contributed by atoms with Gasteiger partial charge in [0.15, 0.2) is 0 Å². The van der Waals surface area contributed by atoms with E-state index in [0.717, 1.165) is 0 Å². The minimum absolute atomic E-state index is 0. The van der Waals surface area contributed by atoms with Gasteiger partial charge in [-0.05, 0) is 13.8 Å². The molecule has 0 aromatic rings. The smallest absolute Gasteiger partial charge is 0.242 e. The molecule has 1 heterocycles. The highest BCUT2D eigenvalue weighted by molar-refractivity contribution is 5.86. The summed E-state index contributed by atoms with van der Waals surface area (Å²) >= 11 is 0. The second kappa shape index (κ2) is 10.00. The molecule has 0 spiro atoms. The number of hydrogen-bond acceptors (Lipinski definition) is 4. The molecule has 21 heavy (non-hydrogen) atoms. The van der Waals surface area contributed by atoms with Crippen molar-refractivity contribution >= 4 is 36.6 Å². The molecular formula is C13H26Cl2N4O2. The number of hydrogen-bond donors (Lipinski definition) is 2. The first kappa shape index (κ1) is 22.5. The van der Waals surface area contributed by atoms with Crippen LogP contribution in [0.5, 0.6) is 0 Å². The highest BCUT2D eigenvalue weighted by atomic mass is 35.5. The van der Waals surface area contributed by atoms with Crippen LogP contribution in [0.1, 0.15) is 13.8 Å². The molecule has 6 nitrogen and oxygen atoms in total. The predicted molar refractivity (Wildman–Crippen MR) is 89.0 cm³/mol. The number of amides is 2. The first-order valence-corrected chi connectivity index (χ1v) is 6.53. The fourth-order valence-corrected chi connectivity index (χ4v) is 1.96. The Morgan fingerprint density at radius 1 is 1.24 bits per heavy atom. The third kappa shape index (κ3) is 7.66. The van der Waals surface area contributed by atoms with Crippen molar-refractivity contribution < 1.29 is 9.59 Å². The summed E-state index contributed by atoms with van der Waals surface area (Å²) in [6.45, 7) is 10.5. The maximum atomic E-state index is 12.0. The van der Waals surface area contributed by atoms with E-state index in [2.05, 4.69) is 11.9 Å². The Morgan fingerprint density at radius 2 is 1.76 bits per heavy atom. The van der Waals surface area contributed by atoms with E-state index >= 15 is 0 Å². The highest BCUT2D eigenvalue weighted by Gasteiger charge is 2.30. The molecule has 3 N–H and O–H groups in total. The quantitative estimate of drug-likeness (QED) is 0.691. The minimum atomic E-state index is -0.830. The molecule has 1 fully saturated rings. The molecule has 0 unspecified atom stereocenters. The van der Waals surface area contributed by atoms with Gasteiger partial charge in [0.1, 0.15) is 0 Å². The number of rotatable bonds is 5. The molecule has 0 bridgehead atoms. The van der Waals surface area contributed by atoms with Gasteiger partial charge in [-0.3, -0.25) is 14.5 Å². The van der Waals surface area contributed by atoms with Gasteiger partial charge in [-0.25, -0.2) is 0 Å². The average molecular weight is 341 g/mol. The number of nitrogens with one attached hydrogen (secondary N) is 1. The van der Waals surface area contributed by atoms with Crippen LogP contribution in [0.25, 0.3) is 0 Å². The Balaban J connectivity index is 0. The molecule has 0 aliphatic carbocycles. The van der Waals surface area contributed by atoms with Crippen LogP contribution in [-0.4, -0.2) is 66.4 Å². The molecule has 0 aromatic heterocycles. The lowest BCUT2D eigenvalue weighted by Crippen LogP contribution is -2.57. The monoisotopic (exact) mass is 340 g/mol. The van der Waals surface area contributed by atoms with Crippen LogP contribution in [0.15, 0.2) is 12.7 Å². The van der Waals surface area contributed by atoms with Crippen molar-refractivity contribution in [2.75, 3.05) is 39.3 Å². The Kier molecular flexibility index (Phi) is 10.7. The molecule has 0 aromatic carbocycles. The Morgan fingerprint density at radius 3 is 2.19 bits per heavy atom. The van der Waals surface area contributed by atoms with E-state index in [1.807, 2.05) is 4.90 Å². The lowest BCUT2D eigenvalue weighted by atomic mass is 10.0. The third-order valence-corrected chi connectivity index (χ3v) is 3.02. The normalized spacial score (nSPS) is 15.5. The van der Waals surface area contributed by atoms with Gasteiger partial charge < -0.3 is 16.0 Å². The van der Waals surface area contributed by atoms with Crippen LogP contribution in [0.4, 0.5) is 0 Å². The van der Waals surface area contributed by atoms with E-state index in [4.69, 9.17) is 5.73 Å². The fourth-order valence-electron chi connectivity index (χ4n) is 1.96. The standard InChI is InChI=1S/C13H24N4O2.2ClH/c1-4-5-15-11(18)10-16-6-8-17(9-7-16)12(19)13(2,3)14;;/h4H,1,5-10,14H2,2-3H3,(H,15,18);2*1H. The molecule has 8 heteroatoms. The van der Waals surface area contributed by atoms with Gasteiger partial charge in [0.2, 0.25) is 11.8 Å². The Bertz CT molecular complexity index is 351. The summed E-state index contributed by atoms with van der Waals surface area (Å²) in [6.07, 6.45) is 1.65. The Labute approximate surface area is 138 Å². The molecule has 124 valence electrons. The topological polar surface area (TPSA) is 78.7 Å². The van der Waals surface area contributed by atoms with Crippen molar-refractivity contribution in [2.24, 2.45) is 5.73 Å². The van der Waals surface area contributed by atoms with Crippen LogP contribution < -0.4 is 11.1 Å². The SMILES string of the molecule is C=CCNC(=O)CN1CCN(C(=O)C(C)(C)N)CC1.Cl.Cl. The number of halogens is 2. The van der Waals surface area contributed by atoms with Gasteiger partial charge in [-0.15, -0.1) is 31.4 Å². The molecule has 2 amide bonds. The number of carbonyl (C=O) groups excluding carboxylic acids is 2. The van der Waals surface area contributed by atoms with Crippen molar-refractivity contribution in [1.29, 1.82) is 0 Å². The van der Waals surface area contributed by atoms with Crippen LogP contribution in [0.2, 0.25) is 0 Å². The predicted octanol–water partition coefficient (Wildman–Crippen LogP) is 0.0137. The minimum Gasteiger partial charge on any atom is -0.352 e. The van der Waals surface area contributed by atoms with Crippen LogP contribution >= 0.6 is 24.8 Å². The summed E-state index contributed by atoms with van der Waals surface area (Å²) in [5, 5.41) is 2.74. The van der Waals surface area contributed by atoms with Crippen LogP contribution in [-0.2, 0) is 9.59 Å². The number of nitrogens with zero attached hydrogens (tertiary/aromatic N) is 2. The van der Waals surface area contributed by atoms with E-state index in [-0.39, 0.29) is 36.6 Å². The summed E-state index contributed by atoms with van der Waals surface area (Å²) in [5.41, 5.74) is 4.97. The van der Waals surface area contributed by atoms with E-state index in [1.165, 1.54) is 0 Å². The number of nitrogens with two attached hydrogens (primary N) is 1. The molecule has 1 aliphatic rings. The maximum Gasteiger partial charge on any atom is 0.242 e. The van der Waals surface area contributed by atoms with Gasteiger partial charge in [-0.2, -0.15) is 0 Å². The summed E-state index contributed by atoms with van der Waals surface area (Å²) in [7, 11) is 0. The average Bonchev–Trinajstić information content (AvgIpc) is 2.35. The first-order valence-electron chi connectivity index (χ1n) is 6.53.